The van der Waals surface area contributed by atoms with Crippen LogP contribution in [0.1, 0.15) is 28.9 Å². The van der Waals surface area contributed by atoms with Gasteiger partial charge in [0.1, 0.15) is 5.75 Å². The molecule has 1 heterocycles. The summed E-state index contributed by atoms with van der Waals surface area (Å²) in [5.41, 5.74) is -4.23. The highest BCUT2D eigenvalue weighted by Gasteiger charge is 2.56. The Balaban J connectivity index is 2.08. The Hall–Kier alpha value is -3.15. The minimum absolute atomic E-state index is 0.113. The number of para-hydroxylation sites is 1. The molecule has 1 amide bonds. The van der Waals surface area contributed by atoms with Gasteiger partial charge in [-0.1, -0.05) is 29.8 Å². The molecule has 0 saturated carbocycles. The molecule has 3 N–H and O–H groups in total. The molecule has 3 aromatic rings. The first-order chi connectivity index (χ1) is 15.8. The van der Waals surface area contributed by atoms with Crippen LogP contribution in [0.15, 0.2) is 76.8 Å². The molecule has 3 rings (SSSR count). The number of hydrogen-bond acceptors (Lipinski definition) is 6. The number of amides is 1. The average Bonchev–Trinajstić information content (AvgIpc) is 2.77. The highest BCUT2D eigenvalue weighted by molar-refractivity contribution is 7.91. The SMILES string of the molecule is CC(O)(C(NC(=O)c1ccccc1O)c1ccc(S(=O)(=O)c2ccncc2)cc1Cl)C(F)(F)F. The van der Waals surface area contributed by atoms with Crippen molar-refractivity contribution in [3.8, 4) is 5.75 Å². The smallest absolute Gasteiger partial charge is 0.419 e. The van der Waals surface area contributed by atoms with E-state index in [0.717, 1.165) is 24.3 Å². The quantitative estimate of drug-likeness (QED) is 0.457. The van der Waals surface area contributed by atoms with Gasteiger partial charge >= 0.3 is 6.18 Å². The van der Waals surface area contributed by atoms with E-state index in [0.29, 0.717) is 6.92 Å². The number of alkyl halides is 3. The van der Waals surface area contributed by atoms with Gasteiger partial charge < -0.3 is 15.5 Å². The van der Waals surface area contributed by atoms with E-state index in [1.807, 2.05) is 0 Å². The molecular formula is C22H18ClF3N2O5S. The van der Waals surface area contributed by atoms with E-state index in [-0.39, 0.29) is 20.9 Å². The van der Waals surface area contributed by atoms with Crippen LogP contribution >= 0.6 is 11.6 Å². The van der Waals surface area contributed by atoms with Crippen LogP contribution in [-0.4, -0.2) is 41.3 Å². The number of aromatic nitrogens is 1. The summed E-state index contributed by atoms with van der Waals surface area (Å²) in [4.78, 5) is 16.0. The third-order valence-corrected chi connectivity index (χ3v) is 7.21. The predicted octanol–water partition coefficient (Wildman–Crippen LogP) is 4.06. The fourth-order valence-electron chi connectivity index (χ4n) is 3.12. The number of carbonyl (C=O) groups excluding carboxylic acids is 1. The number of halogens is 4. The molecule has 2 unspecified atom stereocenters. The van der Waals surface area contributed by atoms with Gasteiger partial charge in [-0.15, -0.1) is 0 Å². The molecule has 0 saturated heterocycles. The number of aliphatic hydroxyl groups is 1. The van der Waals surface area contributed by atoms with Crippen molar-refractivity contribution in [1.82, 2.24) is 10.3 Å². The zero-order valence-corrected chi connectivity index (χ0v) is 19.0. The molecule has 0 aliphatic heterocycles. The number of nitrogens with zero attached hydrogens (tertiary/aromatic N) is 1. The van der Waals surface area contributed by atoms with Crippen LogP contribution in [0.5, 0.6) is 5.75 Å². The van der Waals surface area contributed by atoms with Crippen molar-refractivity contribution < 1.29 is 36.6 Å². The maximum absolute atomic E-state index is 13.7. The number of hydrogen-bond donors (Lipinski definition) is 3. The van der Waals surface area contributed by atoms with Gasteiger partial charge in [-0.2, -0.15) is 13.2 Å². The van der Waals surface area contributed by atoms with Crippen LogP contribution < -0.4 is 5.32 Å². The van der Waals surface area contributed by atoms with E-state index in [4.69, 9.17) is 11.6 Å². The van der Waals surface area contributed by atoms with Crippen LogP contribution in [0.3, 0.4) is 0 Å². The summed E-state index contributed by atoms with van der Waals surface area (Å²) < 4.78 is 66.8. The molecule has 180 valence electrons. The number of nitrogens with one attached hydrogen (secondary N) is 1. The minimum Gasteiger partial charge on any atom is -0.507 e. The molecule has 0 spiro atoms. The number of benzene rings is 2. The first kappa shape index (κ1) is 25.5. The molecule has 2 aromatic carbocycles. The van der Waals surface area contributed by atoms with Gasteiger partial charge in [0.25, 0.3) is 5.91 Å². The van der Waals surface area contributed by atoms with Crippen molar-refractivity contribution in [2.75, 3.05) is 0 Å². The lowest BCUT2D eigenvalue weighted by molar-refractivity contribution is -0.263. The van der Waals surface area contributed by atoms with Crippen molar-refractivity contribution in [3.05, 3.63) is 83.1 Å². The third-order valence-electron chi connectivity index (χ3n) is 5.11. The Bertz CT molecular complexity index is 1320. The lowest BCUT2D eigenvalue weighted by Gasteiger charge is -2.36. The van der Waals surface area contributed by atoms with E-state index in [2.05, 4.69) is 10.3 Å². The molecule has 0 radical (unpaired) electrons. The highest BCUT2D eigenvalue weighted by atomic mass is 35.5. The summed E-state index contributed by atoms with van der Waals surface area (Å²) in [6.07, 6.45) is -2.70. The number of sulfone groups is 1. The van der Waals surface area contributed by atoms with E-state index < -0.39 is 44.3 Å². The molecule has 0 aliphatic carbocycles. The molecule has 0 bridgehead atoms. The largest absolute Gasteiger partial charge is 0.507 e. The van der Waals surface area contributed by atoms with Gasteiger partial charge in [-0.05, 0) is 48.9 Å². The molecule has 0 aliphatic rings. The van der Waals surface area contributed by atoms with E-state index in [1.54, 1.807) is 0 Å². The Morgan fingerprint density at radius 1 is 1.06 bits per heavy atom. The zero-order chi connectivity index (χ0) is 25.3. The third kappa shape index (κ3) is 4.86. The van der Waals surface area contributed by atoms with Gasteiger partial charge in [0.2, 0.25) is 9.84 Å². The minimum atomic E-state index is -5.21. The summed E-state index contributed by atoms with van der Waals surface area (Å²) in [5, 5.41) is 21.9. The van der Waals surface area contributed by atoms with Crippen molar-refractivity contribution in [3.63, 3.8) is 0 Å². The van der Waals surface area contributed by atoms with Crippen molar-refractivity contribution in [1.29, 1.82) is 0 Å². The number of phenols is 1. The molecule has 2 atom stereocenters. The zero-order valence-electron chi connectivity index (χ0n) is 17.4. The van der Waals surface area contributed by atoms with Crippen LogP contribution in [0, 0.1) is 0 Å². The van der Waals surface area contributed by atoms with E-state index in [1.165, 1.54) is 42.7 Å². The van der Waals surface area contributed by atoms with Gasteiger partial charge in [-0.3, -0.25) is 9.78 Å². The molecular weight excluding hydrogens is 497 g/mol. The Morgan fingerprint density at radius 2 is 1.68 bits per heavy atom. The summed E-state index contributed by atoms with van der Waals surface area (Å²) in [6.45, 7) is 0.445. The second kappa shape index (κ2) is 9.24. The summed E-state index contributed by atoms with van der Waals surface area (Å²) in [6, 6.07) is 8.39. The molecule has 1 aromatic heterocycles. The molecule has 7 nitrogen and oxygen atoms in total. The fraction of sp³-hybridized carbons (Fsp3) is 0.182. The van der Waals surface area contributed by atoms with Gasteiger partial charge in [0, 0.05) is 17.4 Å². The lowest BCUT2D eigenvalue weighted by Crippen LogP contribution is -2.53. The van der Waals surface area contributed by atoms with Gasteiger partial charge in [-0.25, -0.2) is 8.42 Å². The summed E-state index contributed by atoms with van der Waals surface area (Å²) in [7, 11) is -4.07. The normalized spacial score (nSPS) is 14.8. The Labute approximate surface area is 197 Å². The van der Waals surface area contributed by atoms with Gasteiger partial charge in [0.15, 0.2) is 5.60 Å². The monoisotopic (exact) mass is 514 g/mol. The van der Waals surface area contributed by atoms with Crippen LogP contribution in [0.4, 0.5) is 13.2 Å². The van der Waals surface area contributed by atoms with Crippen LogP contribution in [-0.2, 0) is 9.84 Å². The highest BCUT2D eigenvalue weighted by Crippen LogP contribution is 2.42. The summed E-state index contributed by atoms with van der Waals surface area (Å²) >= 11 is 6.18. The topological polar surface area (TPSA) is 117 Å². The fourth-order valence-corrected chi connectivity index (χ4v) is 4.75. The van der Waals surface area contributed by atoms with Crippen LogP contribution in [0.2, 0.25) is 5.02 Å². The first-order valence-corrected chi connectivity index (χ1v) is 11.5. The maximum atomic E-state index is 13.7. The van der Waals surface area contributed by atoms with Crippen LogP contribution in [0.25, 0.3) is 0 Å². The summed E-state index contributed by atoms with van der Waals surface area (Å²) in [5.74, 6) is -1.60. The number of aromatic hydroxyl groups is 1. The number of carbonyl (C=O) groups is 1. The van der Waals surface area contributed by atoms with Gasteiger partial charge in [0.05, 0.1) is 21.4 Å². The maximum Gasteiger partial charge on any atom is 0.419 e. The number of phenolic OH excluding ortho intramolecular Hbond substituents is 1. The van der Waals surface area contributed by atoms with E-state index >= 15 is 0 Å². The molecule has 34 heavy (non-hydrogen) atoms. The molecule has 0 fully saturated rings. The standard InChI is InChI=1S/C22H18ClF3N2O5S/c1-21(31,22(24,25)26)19(28-20(30)16-4-2-3-5-18(16)29)15-7-6-14(12-17(15)23)34(32,33)13-8-10-27-11-9-13/h2-12,19,29,31H,1H3,(H,28,30). The Morgan fingerprint density at radius 3 is 2.24 bits per heavy atom. The van der Waals surface area contributed by atoms with E-state index in [9.17, 15) is 36.6 Å². The average molecular weight is 515 g/mol. The van der Waals surface area contributed by atoms with Crippen molar-refractivity contribution in [2.45, 2.75) is 34.5 Å². The first-order valence-electron chi connectivity index (χ1n) is 9.59. The number of rotatable bonds is 6. The van der Waals surface area contributed by atoms with Crippen molar-refractivity contribution in [2.24, 2.45) is 0 Å². The second-order valence-corrected chi connectivity index (χ2v) is 9.80. The number of pyridine rings is 1. The lowest BCUT2D eigenvalue weighted by atomic mass is 9.89. The Kier molecular flexibility index (Phi) is 6.92. The predicted molar refractivity (Wildman–Crippen MR) is 116 cm³/mol. The molecule has 12 heteroatoms. The second-order valence-electron chi connectivity index (χ2n) is 7.44. The van der Waals surface area contributed by atoms with Crippen molar-refractivity contribution >= 4 is 27.3 Å².